The van der Waals surface area contributed by atoms with E-state index in [1.807, 2.05) is 30.3 Å². The van der Waals surface area contributed by atoms with Gasteiger partial charge in [-0.05, 0) is 41.8 Å². The van der Waals surface area contributed by atoms with E-state index >= 15 is 0 Å². The summed E-state index contributed by atoms with van der Waals surface area (Å²) in [5.74, 6) is 1.15. The molecular weight excluding hydrogens is 600 g/mol. The topological polar surface area (TPSA) is 75.6 Å². The molecule has 3 rings (SSSR count). The molecule has 5 atom stereocenters. The van der Waals surface area contributed by atoms with E-state index in [1.54, 1.807) is 43.6 Å². The smallest absolute Gasteiger partial charge is 0.168 e. The summed E-state index contributed by atoms with van der Waals surface area (Å²) in [6.07, 6.45) is 6.57. The Morgan fingerprint density at radius 1 is 0.841 bits per heavy atom. The number of rotatable bonds is 20. The minimum atomic E-state index is -1.69. The molecule has 0 saturated carbocycles. The van der Waals surface area contributed by atoms with Crippen LogP contribution in [0.15, 0.2) is 99.7 Å². The number of methoxy groups -OCH3 is 1. The molecule has 1 fully saturated rings. The number of hydrogen-bond acceptors (Lipinski definition) is 8. The molecule has 1 saturated heterocycles. The van der Waals surface area contributed by atoms with Gasteiger partial charge in [-0.3, -0.25) is 0 Å². The van der Waals surface area contributed by atoms with E-state index < -0.39 is 23.2 Å². The predicted octanol–water partition coefficient (Wildman–Crippen LogP) is 6.68. The number of hydrogen-bond donors (Lipinski definition) is 1. The highest BCUT2D eigenvalue weighted by atomic mass is 35.5. The van der Waals surface area contributed by atoms with Gasteiger partial charge in [0.2, 0.25) is 0 Å². The van der Waals surface area contributed by atoms with Crippen LogP contribution in [0, 0.1) is 0 Å². The molecule has 0 aliphatic carbocycles. The lowest BCUT2D eigenvalue weighted by Crippen LogP contribution is -2.61. The average molecular weight is 643 g/mol. The predicted molar refractivity (Wildman–Crippen MR) is 179 cm³/mol. The largest absolute Gasteiger partial charge is 0.497 e. The maximum Gasteiger partial charge on any atom is 0.168 e. The summed E-state index contributed by atoms with van der Waals surface area (Å²) in [7, 11) is 1.63. The SMILES string of the molecule is C=CCOC[C@H]1SC(O)(c2cc(Cc3ccc(OC)cc3)c(Cl)cc2OCC=C)[C@H](OCC=C)[C@@H](OCC=C)[C@H]1OCC=C. The van der Waals surface area contributed by atoms with Crippen molar-refractivity contribution < 1.29 is 33.5 Å². The minimum absolute atomic E-state index is 0.155. The zero-order valence-electron chi connectivity index (χ0n) is 25.3. The number of halogens is 1. The van der Waals surface area contributed by atoms with Crippen LogP contribution in [0.3, 0.4) is 0 Å². The van der Waals surface area contributed by atoms with Gasteiger partial charge in [-0.2, -0.15) is 0 Å². The Labute approximate surface area is 270 Å². The third kappa shape index (κ3) is 9.11. The molecule has 44 heavy (non-hydrogen) atoms. The van der Waals surface area contributed by atoms with Gasteiger partial charge in [-0.1, -0.05) is 60.7 Å². The van der Waals surface area contributed by atoms with Crippen LogP contribution in [-0.4, -0.2) is 75.4 Å². The molecule has 0 bridgehead atoms. The Kier molecular flexibility index (Phi) is 14.8. The van der Waals surface area contributed by atoms with Crippen LogP contribution in [0.25, 0.3) is 0 Å². The maximum absolute atomic E-state index is 12.9. The monoisotopic (exact) mass is 642 g/mol. The van der Waals surface area contributed by atoms with Gasteiger partial charge in [0.05, 0.1) is 45.4 Å². The van der Waals surface area contributed by atoms with E-state index in [1.165, 1.54) is 11.8 Å². The zero-order chi connectivity index (χ0) is 32.0. The fourth-order valence-electron chi connectivity index (χ4n) is 4.95. The normalized spacial score (nSPS) is 23.0. The van der Waals surface area contributed by atoms with Gasteiger partial charge in [-0.15, -0.1) is 38.1 Å². The van der Waals surface area contributed by atoms with Gasteiger partial charge >= 0.3 is 0 Å². The van der Waals surface area contributed by atoms with Crippen LogP contribution in [0.4, 0.5) is 0 Å². The summed E-state index contributed by atoms with van der Waals surface area (Å²) < 4.78 is 36.2. The van der Waals surface area contributed by atoms with Gasteiger partial charge in [0.1, 0.15) is 36.4 Å². The third-order valence-corrected chi connectivity index (χ3v) is 8.75. The molecule has 0 aromatic heterocycles. The molecule has 2 aromatic carbocycles. The highest BCUT2D eigenvalue weighted by Gasteiger charge is 2.57. The van der Waals surface area contributed by atoms with E-state index in [0.29, 0.717) is 29.4 Å². The highest BCUT2D eigenvalue weighted by Crippen LogP contribution is 2.53. The van der Waals surface area contributed by atoms with Crippen molar-refractivity contribution in [3.05, 3.63) is 121 Å². The highest BCUT2D eigenvalue weighted by molar-refractivity contribution is 8.00. The molecule has 1 unspecified atom stereocenters. The molecule has 9 heteroatoms. The lowest BCUT2D eigenvalue weighted by atomic mass is 9.91. The van der Waals surface area contributed by atoms with Crippen molar-refractivity contribution in [3.63, 3.8) is 0 Å². The Hall–Kier alpha value is -2.82. The van der Waals surface area contributed by atoms with Crippen molar-refractivity contribution in [1.29, 1.82) is 0 Å². The molecule has 1 heterocycles. The first-order valence-electron chi connectivity index (χ1n) is 14.3. The van der Waals surface area contributed by atoms with Crippen molar-refractivity contribution >= 4 is 23.4 Å². The van der Waals surface area contributed by atoms with Gasteiger partial charge in [0.25, 0.3) is 0 Å². The number of thioether (sulfide) groups is 1. The molecule has 0 spiro atoms. The van der Waals surface area contributed by atoms with Crippen molar-refractivity contribution in [2.24, 2.45) is 0 Å². The standard InChI is InChI=1S/C35H43ClO7S/c1-7-16-39-24-31-32(41-18-9-3)33(42-19-10-4)34(43-20-11-5)35(37,44-31)28-22-26(29(36)23-30(28)40-17-8-2)21-25-12-14-27(38-6)15-13-25/h7-15,22-23,31-34,37H,1-5,16-21,24H2,6H3/t31-,32+,33+,34-,35?/m1/s1. The van der Waals surface area contributed by atoms with Crippen molar-refractivity contribution in [3.8, 4) is 11.5 Å². The van der Waals surface area contributed by atoms with Crippen LogP contribution < -0.4 is 9.47 Å². The second kappa shape index (κ2) is 18.2. The summed E-state index contributed by atoms with van der Waals surface area (Å²) >= 11 is 8.10. The van der Waals surface area contributed by atoms with Crippen molar-refractivity contribution in [2.75, 3.05) is 46.8 Å². The van der Waals surface area contributed by atoms with Crippen molar-refractivity contribution in [1.82, 2.24) is 0 Å². The Bertz CT molecular complexity index is 1250. The lowest BCUT2D eigenvalue weighted by Gasteiger charge is -2.50. The van der Waals surface area contributed by atoms with E-state index in [-0.39, 0.29) is 38.3 Å². The summed E-state index contributed by atoms with van der Waals surface area (Å²) in [5, 5.41) is 13.0. The zero-order valence-corrected chi connectivity index (χ0v) is 26.9. The van der Waals surface area contributed by atoms with Gasteiger partial charge in [0, 0.05) is 10.6 Å². The third-order valence-electron chi connectivity index (χ3n) is 6.87. The Morgan fingerprint density at radius 3 is 2.07 bits per heavy atom. The molecule has 238 valence electrons. The quantitative estimate of drug-likeness (QED) is 0.127. The van der Waals surface area contributed by atoms with E-state index in [2.05, 4.69) is 32.9 Å². The Balaban J connectivity index is 2.20. The van der Waals surface area contributed by atoms with E-state index in [0.717, 1.165) is 16.9 Å². The fourth-order valence-corrected chi connectivity index (χ4v) is 6.79. The molecule has 0 radical (unpaired) electrons. The maximum atomic E-state index is 12.9. The molecular formula is C35H43ClO7S. The summed E-state index contributed by atoms with van der Waals surface area (Å²) in [5.41, 5.74) is 2.29. The van der Waals surface area contributed by atoms with Crippen LogP contribution in [0.5, 0.6) is 11.5 Å². The first-order valence-corrected chi connectivity index (χ1v) is 15.6. The first kappa shape index (κ1) is 35.7. The molecule has 0 amide bonds. The van der Waals surface area contributed by atoms with Crippen LogP contribution >= 0.6 is 23.4 Å². The molecule has 1 aliphatic rings. The van der Waals surface area contributed by atoms with Crippen molar-refractivity contribution in [2.45, 2.75) is 34.9 Å². The fraction of sp³-hybridized carbons (Fsp3) is 0.371. The summed E-state index contributed by atoms with van der Waals surface area (Å²) in [6.45, 7) is 20.4. The summed E-state index contributed by atoms with van der Waals surface area (Å²) in [4.78, 5) is -1.69. The van der Waals surface area contributed by atoms with Crippen LogP contribution in [0.1, 0.15) is 16.7 Å². The summed E-state index contributed by atoms with van der Waals surface area (Å²) in [6, 6.07) is 11.3. The van der Waals surface area contributed by atoms with Gasteiger partial charge in [0.15, 0.2) is 4.93 Å². The van der Waals surface area contributed by atoms with Crippen LogP contribution in [0.2, 0.25) is 5.02 Å². The lowest BCUT2D eigenvalue weighted by molar-refractivity contribution is -0.180. The molecule has 1 N–H and O–H groups in total. The Morgan fingerprint density at radius 2 is 1.45 bits per heavy atom. The molecule has 1 aliphatic heterocycles. The molecule has 7 nitrogen and oxygen atoms in total. The molecule has 2 aromatic rings. The van der Waals surface area contributed by atoms with E-state index in [9.17, 15) is 5.11 Å². The number of benzene rings is 2. The van der Waals surface area contributed by atoms with Gasteiger partial charge in [-0.25, -0.2) is 0 Å². The number of ether oxygens (including phenoxy) is 6. The minimum Gasteiger partial charge on any atom is -0.497 e. The second-order valence-corrected chi connectivity index (χ2v) is 11.8. The van der Waals surface area contributed by atoms with Crippen LogP contribution in [-0.2, 0) is 30.3 Å². The second-order valence-electron chi connectivity index (χ2n) is 9.96. The average Bonchev–Trinajstić information content (AvgIpc) is 3.03. The number of aliphatic hydroxyl groups is 1. The van der Waals surface area contributed by atoms with E-state index in [4.69, 9.17) is 40.0 Å². The van der Waals surface area contributed by atoms with Gasteiger partial charge < -0.3 is 33.5 Å². The first-order chi connectivity index (χ1) is 21.4.